The third-order valence-corrected chi connectivity index (χ3v) is 13.1. The molecular weight excluding hydrogens is 795 g/mol. The summed E-state index contributed by atoms with van der Waals surface area (Å²) in [5, 5.41) is 7.23. The van der Waals surface area contributed by atoms with Gasteiger partial charge in [0.05, 0.1) is 5.69 Å². The van der Waals surface area contributed by atoms with Gasteiger partial charge in [-0.1, -0.05) is 237 Å². The summed E-state index contributed by atoms with van der Waals surface area (Å²) in [7, 11) is 0. The molecule has 12 aromatic rings. The highest BCUT2D eigenvalue weighted by molar-refractivity contribution is 6.21. The number of aromatic nitrogens is 1. The Balaban J connectivity index is 1.06. The molecule has 0 aliphatic heterocycles. The van der Waals surface area contributed by atoms with Gasteiger partial charge in [0, 0.05) is 17.1 Å². The number of hydrogen-bond donors (Lipinski definition) is 0. The maximum atomic E-state index is 4.90. The summed E-state index contributed by atoms with van der Waals surface area (Å²) in [5.74, 6) is 0. The third kappa shape index (κ3) is 6.95. The van der Waals surface area contributed by atoms with Crippen LogP contribution in [0.2, 0.25) is 0 Å². The maximum absolute atomic E-state index is 4.90. The van der Waals surface area contributed by atoms with Crippen molar-refractivity contribution in [1.29, 1.82) is 0 Å². The van der Waals surface area contributed by atoms with Gasteiger partial charge in [-0.25, -0.2) is 0 Å². The fourth-order valence-electron chi connectivity index (χ4n) is 10.1. The molecule has 0 aliphatic carbocycles. The lowest BCUT2D eigenvalue weighted by molar-refractivity contribution is 1.36. The van der Waals surface area contributed by atoms with E-state index >= 15 is 0 Å². The van der Waals surface area contributed by atoms with Crippen molar-refractivity contribution in [2.45, 2.75) is 0 Å². The van der Waals surface area contributed by atoms with Gasteiger partial charge in [-0.05, 0) is 123 Å². The van der Waals surface area contributed by atoms with E-state index in [1.807, 2.05) is 6.20 Å². The summed E-state index contributed by atoms with van der Waals surface area (Å²) in [6, 6.07) is 92.7. The van der Waals surface area contributed by atoms with E-state index in [-0.39, 0.29) is 0 Å². The second-order valence-corrected chi connectivity index (χ2v) is 17.0. The minimum absolute atomic E-state index is 0.970. The molecule has 0 atom stereocenters. The van der Waals surface area contributed by atoms with Crippen molar-refractivity contribution in [3.63, 3.8) is 0 Å². The zero-order valence-corrected chi connectivity index (χ0v) is 36.3. The molecule has 0 unspecified atom stereocenters. The highest BCUT2D eigenvalue weighted by atomic mass is 14.7. The molecular formula is C65H43N. The quantitative estimate of drug-likeness (QED) is 0.139. The highest BCUT2D eigenvalue weighted by Gasteiger charge is 2.24. The molecule has 66 heavy (non-hydrogen) atoms. The lowest BCUT2D eigenvalue weighted by Crippen LogP contribution is -1.98. The summed E-state index contributed by atoms with van der Waals surface area (Å²) in [6.07, 6.45) is 1.98. The number of nitrogens with zero attached hydrogens (tertiary/aromatic N) is 1. The van der Waals surface area contributed by atoms with E-state index in [1.54, 1.807) is 0 Å². The monoisotopic (exact) mass is 837 g/mol. The number of fused-ring (bicyclic) bond motifs is 3. The van der Waals surface area contributed by atoms with Crippen molar-refractivity contribution in [2.75, 3.05) is 0 Å². The van der Waals surface area contributed by atoms with Crippen molar-refractivity contribution in [3.8, 4) is 89.1 Å². The first-order valence-corrected chi connectivity index (χ1v) is 22.7. The first-order chi connectivity index (χ1) is 32.8. The van der Waals surface area contributed by atoms with E-state index in [9.17, 15) is 0 Å². The van der Waals surface area contributed by atoms with Gasteiger partial charge in [-0.2, -0.15) is 0 Å². The van der Waals surface area contributed by atoms with Crippen LogP contribution in [0.3, 0.4) is 0 Å². The summed E-state index contributed by atoms with van der Waals surface area (Å²) in [5.41, 5.74) is 18.9. The van der Waals surface area contributed by atoms with Gasteiger partial charge < -0.3 is 0 Å². The van der Waals surface area contributed by atoms with Crippen LogP contribution in [0.25, 0.3) is 121 Å². The first kappa shape index (κ1) is 39.0. The predicted molar refractivity (Wildman–Crippen MR) is 280 cm³/mol. The van der Waals surface area contributed by atoms with Crippen molar-refractivity contribution >= 4 is 32.3 Å². The summed E-state index contributed by atoms with van der Waals surface area (Å²) < 4.78 is 0. The van der Waals surface area contributed by atoms with Crippen LogP contribution in [0.5, 0.6) is 0 Å². The predicted octanol–water partition coefficient (Wildman–Crippen LogP) is 17.9. The molecule has 308 valence electrons. The van der Waals surface area contributed by atoms with E-state index in [0.717, 1.165) is 22.2 Å². The molecule has 0 saturated heterocycles. The Kier molecular flexibility index (Phi) is 9.93. The van der Waals surface area contributed by atoms with E-state index in [4.69, 9.17) is 4.98 Å². The molecule has 0 bridgehead atoms. The minimum Gasteiger partial charge on any atom is -0.256 e. The van der Waals surface area contributed by atoms with Crippen LogP contribution in [-0.4, -0.2) is 4.98 Å². The average Bonchev–Trinajstić information content (AvgIpc) is 3.40. The zero-order chi connectivity index (χ0) is 43.8. The van der Waals surface area contributed by atoms with Gasteiger partial charge in [0.1, 0.15) is 0 Å². The number of benzene rings is 11. The minimum atomic E-state index is 0.970. The Morgan fingerprint density at radius 3 is 1.11 bits per heavy atom. The molecule has 1 heterocycles. The second kappa shape index (κ2) is 16.8. The van der Waals surface area contributed by atoms with Gasteiger partial charge in [-0.3, -0.25) is 4.98 Å². The van der Waals surface area contributed by atoms with Crippen LogP contribution in [0, 0.1) is 0 Å². The van der Waals surface area contributed by atoms with Gasteiger partial charge in [0.25, 0.3) is 0 Å². The largest absolute Gasteiger partial charge is 0.256 e. The average molecular weight is 838 g/mol. The topological polar surface area (TPSA) is 12.9 Å². The summed E-state index contributed by atoms with van der Waals surface area (Å²) in [6.45, 7) is 0. The lowest BCUT2D eigenvalue weighted by Gasteiger charge is -2.24. The summed E-state index contributed by atoms with van der Waals surface area (Å²) >= 11 is 0. The van der Waals surface area contributed by atoms with E-state index in [1.165, 1.54) is 99.3 Å². The molecule has 1 heteroatoms. The molecule has 1 nitrogen and oxygen atoms in total. The molecule has 0 N–H and O–H groups in total. The molecule has 1 aromatic heterocycles. The fourth-order valence-corrected chi connectivity index (χ4v) is 10.1. The van der Waals surface area contributed by atoms with Crippen LogP contribution >= 0.6 is 0 Å². The Hall–Kier alpha value is -8.65. The van der Waals surface area contributed by atoms with Gasteiger partial charge in [-0.15, -0.1) is 0 Å². The van der Waals surface area contributed by atoms with Crippen LogP contribution in [0.15, 0.2) is 261 Å². The molecule has 0 radical (unpaired) electrons. The normalized spacial score (nSPS) is 11.3. The maximum Gasteiger partial charge on any atom is 0.0708 e. The standard InChI is InChI=1S/C65H43N/c1-5-20-44(21-6-1)58-42-59(64(47-24-9-3-10-25-47)65(48-26-11-4-12-27-48)63(58)46-22-7-2-8-23-46)45-36-38-49(39-37-45)61-54-32-15-17-34-56(54)62(57-35-18-16-33-55(57)61)52-31-19-30-51(40-52)60-41-50-28-13-14-29-53(50)43-66-60/h1-43H. The van der Waals surface area contributed by atoms with Crippen LogP contribution in [-0.2, 0) is 0 Å². The van der Waals surface area contributed by atoms with E-state index in [2.05, 4.69) is 255 Å². The molecule has 11 aromatic carbocycles. The Labute approximate surface area is 385 Å². The number of rotatable bonds is 8. The Bertz CT molecular complexity index is 3650. The highest BCUT2D eigenvalue weighted by Crippen LogP contribution is 2.51. The molecule has 0 aliphatic rings. The molecule has 12 rings (SSSR count). The van der Waals surface area contributed by atoms with Crippen LogP contribution in [0.4, 0.5) is 0 Å². The smallest absolute Gasteiger partial charge is 0.0708 e. The van der Waals surface area contributed by atoms with Crippen molar-refractivity contribution in [1.82, 2.24) is 4.98 Å². The molecule has 0 spiro atoms. The number of hydrogen-bond acceptors (Lipinski definition) is 1. The second-order valence-electron chi connectivity index (χ2n) is 17.0. The van der Waals surface area contributed by atoms with Gasteiger partial charge >= 0.3 is 0 Å². The fraction of sp³-hybridized carbons (Fsp3) is 0. The van der Waals surface area contributed by atoms with Crippen molar-refractivity contribution < 1.29 is 0 Å². The number of pyridine rings is 1. The Morgan fingerprint density at radius 1 is 0.212 bits per heavy atom. The first-order valence-electron chi connectivity index (χ1n) is 22.7. The summed E-state index contributed by atoms with van der Waals surface area (Å²) in [4.78, 5) is 4.90. The zero-order valence-electron chi connectivity index (χ0n) is 36.3. The van der Waals surface area contributed by atoms with Crippen molar-refractivity contribution in [3.05, 3.63) is 261 Å². The van der Waals surface area contributed by atoms with Gasteiger partial charge in [0.15, 0.2) is 0 Å². The molecule has 0 fully saturated rings. The molecule has 0 amide bonds. The third-order valence-electron chi connectivity index (χ3n) is 13.1. The van der Waals surface area contributed by atoms with Gasteiger partial charge in [0.2, 0.25) is 0 Å². The van der Waals surface area contributed by atoms with E-state index in [0.29, 0.717) is 0 Å². The van der Waals surface area contributed by atoms with E-state index < -0.39 is 0 Å². The molecule has 0 saturated carbocycles. The lowest BCUT2D eigenvalue weighted by atomic mass is 9.78. The van der Waals surface area contributed by atoms with Crippen LogP contribution in [0.1, 0.15) is 0 Å². The Morgan fingerprint density at radius 2 is 0.576 bits per heavy atom. The van der Waals surface area contributed by atoms with Crippen LogP contribution < -0.4 is 0 Å². The van der Waals surface area contributed by atoms with Crippen molar-refractivity contribution in [2.24, 2.45) is 0 Å². The SMILES string of the molecule is c1ccc(-c2cc(-c3ccc(-c4c5ccccc5c(-c5cccc(-c6cc7ccccc7cn6)c5)c5ccccc45)cc3)c(-c3ccccc3)c(-c3ccccc3)c2-c2ccccc2)cc1.